The van der Waals surface area contributed by atoms with Gasteiger partial charge in [0, 0.05) is 56.0 Å². The van der Waals surface area contributed by atoms with Gasteiger partial charge in [-0.3, -0.25) is 14.3 Å². The van der Waals surface area contributed by atoms with Gasteiger partial charge in [0.05, 0.1) is 11.8 Å². The molecule has 0 saturated carbocycles. The van der Waals surface area contributed by atoms with Crippen molar-refractivity contribution in [1.82, 2.24) is 24.0 Å². The predicted octanol–water partition coefficient (Wildman–Crippen LogP) is 1.32. The van der Waals surface area contributed by atoms with Gasteiger partial charge in [-0.1, -0.05) is 18.2 Å². The van der Waals surface area contributed by atoms with Crippen LogP contribution >= 0.6 is 0 Å². The molecule has 0 spiro atoms. The number of para-hydroxylation sites is 1. The highest BCUT2D eigenvalue weighted by molar-refractivity contribution is 7.89. The van der Waals surface area contributed by atoms with E-state index in [-0.39, 0.29) is 24.5 Å². The molecule has 0 bridgehead atoms. The fourth-order valence-corrected chi connectivity index (χ4v) is 5.29. The van der Waals surface area contributed by atoms with Crippen molar-refractivity contribution in [3.05, 3.63) is 47.9 Å². The fourth-order valence-electron chi connectivity index (χ4n) is 3.84. The van der Waals surface area contributed by atoms with Crippen LogP contribution < -0.4 is 0 Å². The number of rotatable bonds is 4. The third-order valence-corrected chi connectivity index (χ3v) is 7.23. The number of Topliss-reactive ketones (excluding diaryl/α,β-unsaturated/α-hetero) is 1. The van der Waals surface area contributed by atoms with Gasteiger partial charge in [-0.15, -0.1) is 0 Å². The highest BCUT2D eigenvalue weighted by Crippen LogP contribution is 2.23. The standard InChI is InChI=1S/C20H23N5O4S/c1-14-18(16-6-3-4-7-17(16)22-14)19(26)20(27)24-8-5-9-25(11-10-24)30(28,29)15-12-21-23(2)13-15/h3-4,6-7,12-13,22H,5,8-11H2,1-2H3. The van der Waals surface area contributed by atoms with Gasteiger partial charge in [0.25, 0.3) is 11.7 Å². The molecule has 1 saturated heterocycles. The Balaban J connectivity index is 1.52. The van der Waals surface area contributed by atoms with Crippen molar-refractivity contribution < 1.29 is 18.0 Å². The lowest BCUT2D eigenvalue weighted by Crippen LogP contribution is -2.40. The first-order valence-corrected chi connectivity index (χ1v) is 11.1. The zero-order chi connectivity index (χ0) is 21.5. The van der Waals surface area contributed by atoms with Crippen molar-refractivity contribution in [1.29, 1.82) is 0 Å². The van der Waals surface area contributed by atoms with Crippen LogP contribution in [0.5, 0.6) is 0 Å². The van der Waals surface area contributed by atoms with Crippen LogP contribution in [0.3, 0.4) is 0 Å². The van der Waals surface area contributed by atoms with Crippen LogP contribution in [-0.4, -0.2) is 70.3 Å². The predicted molar refractivity (Wildman–Crippen MR) is 111 cm³/mol. The zero-order valence-corrected chi connectivity index (χ0v) is 17.6. The number of sulfonamides is 1. The van der Waals surface area contributed by atoms with Gasteiger partial charge >= 0.3 is 0 Å². The van der Waals surface area contributed by atoms with E-state index in [1.165, 1.54) is 26.3 Å². The Kier molecular flexibility index (Phi) is 5.20. The van der Waals surface area contributed by atoms with E-state index in [0.717, 1.165) is 5.52 Å². The minimum atomic E-state index is -3.69. The maximum Gasteiger partial charge on any atom is 0.295 e. The molecule has 0 aliphatic carbocycles. The molecule has 2 aromatic heterocycles. The molecule has 158 valence electrons. The number of carbonyl (C=O) groups is 2. The molecule has 30 heavy (non-hydrogen) atoms. The summed E-state index contributed by atoms with van der Waals surface area (Å²) in [6.07, 6.45) is 3.21. The van der Waals surface area contributed by atoms with Crippen LogP contribution in [0.4, 0.5) is 0 Å². The van der Waals surface area contributed by atoms with Crippen molar-refractivity contribution in [3.63, 3.8) is 0 Å². The van der Waals surface area contributed by atoms with E-state index >= 15 is 0 Å². The number of fused-ring (bicyclic) bond motifs is 1. The Morgan fingerprint density at radius 3 is 2.60 bits per heavy atom. The lowest BCUT2D eigenvalue weighted by molar-refractivity contribution is -0.126. The topological polar surface area (TPSA) is 108 Å². The van der Waals surface area contributed by atoms with E-state index in [1.807, 2.05) is 24.3 Å². The lowest BCUT2D eigenvalue weighted by Gasteiger charge is -2.21. The molecule has 4 rings (SSSR count). The molecule has 1 N–H and O–H groups in total. The molecule has 3 heterocycles. The second-order valence-corrected chi connectivity index (χ2v) is 9.34. The van der Waals surface area contributed by atoms with E-state index in [0.29, 0.717) is 29.6 Å². The van der Waals surface area contributed by atoms with Crippen molar-refractivity contribution in [2.24, 2.45) is 7.05 Å². The van der Waals surface area contributed by atoms with Crippen LogP contribution in [-0.2, 0) is 21.9 Å². The van der Waals surface area contributed by atoms with Crippen LogP contribution in [0.25, 0.3) is 10.9 Å². The largest absolute Gasteiger partial charge is 0.358 e. The molecule has 0 radical (unpaired) electrons. The smallest absolute Gasteiger partial charge is 0.295 e. The Labute approximate surface area is 174 Å². The Morgan fingerprint density at radius 2 is 1.87 bits per heavy atom. The summed E-state index contributed by atoms with van der Waals surface area (Å²) in [5.41, 5.74) is 1.82. The van der Waals surface area contributed by atoms with Gasteiger partial charge in [0.15, 0.2) is 0 Å². The molecule has 9 nitrogen and oxygen atoms in total. The van der Waals surface area contributed by atoms with Crippen molar-refractivity contribution in [2.75, 3.05) is 26.2 Å². The molecule has 1 fully saturated rings. The normalized spacial score (nSPS) is 16.0. The maximum atomic E-state index is 13.0. The number of ketones is 1. The minimum absolute atomic E-state index is 0.121. The number of benzene rings is 1. The van der Waals surface area contributed by atoms with Crippen LogP contribution in [0, 0.1) is 6.92 Å². The first-order valence-electron chi connectivity index (χ1n) is 9.69. The number of hydrogen-bond acceptors (Lipinski definition) is 5. The average Bonchev–Trinajstić information content (AvgIpc) is 3.20. The summed E-state index contributed by atoms with van der Waals surface area (Å²) in [5, 5.41) is 4.64. The molecular weight excluding hydrogens is 406 g/mol. The van der Waals surface area contributed by atoms with Crippen LogP contribution in [0.2, 0.25) is 0 Å². The van der Waals surface area contributed by atoms with E-state index < -0.39 is 21.7 Å². The number of carbonyl (C=O) groups excluding carboxylic acids is 2. The highest BCUT2D eigenvalue weighted by Gasteiger charge is 2.32. The molecule has 1 aromatic carbocycles. The number of aromatic amines is 1. The first kappa shape index (κ1) is 20.3. The molecular formula is C20H23N5O4S. The van der Waals surface area contributed by atoms with E-state index in [1.54, 1.807) is 14.0 Å². The number of H-pyrrole nitrogens is 1. The minimum Gasteiger partial charge on any atom is -0.358 e. The molecule has 1 aliphatic heterocycles. The Morgan fingerprint density at radius 1 is 1.10 bits per heavy atom. The van der Waals surface area contributed by atoms with Gasteiger partial charge in [0.1, 0.15) is 4.90 Å². The molecule has 10 heteroatoms. The first-order chi connectivity index (χ1) is 14.3. The van der Waals surface area contributed by atoms with Crippen molar-refractivity contribution in [3.8, 4) is 0 Å². The second-order valence-electron chi connectivity index (χ2n) is 7.40. The number of nitrogens with one attached hydrogen (secondary N) is 1. The van der Waals surface area contributed by atoms with Crippen molar-refractivity contribution in [2.45, 2.75) is 18.2 Å². The summed E-state index contributed by atoms with van der Waals surface area (Å²) in [6, 6.07) is 7.35. The van der Waals surface area contributed by atoms with Crippen LogP contribution in [0.15, 0.2) is 41.6 Å². The Bertz CT molecular complexity index is 1230. The van der Waals surface area contributed by atoms with Gasteiger partial charge in [-0.25, -0.2) is 8.42 Å². The lowest BCUT2D eigenvalue weighted by atomic mass is 10.1. The summed E-state index contributed by atoms with van der Waals surface area (Å²) in [5.74, 6) is -1.18. The Hall–Kier alpha value is -2.98. The third kappa shape index (κ3) is 3.52. The quantitative estimate of drug-likeness (QED) is 0.497. The summed E-state index contributed by atoms with van der Waals surface area (Å²) >= 11 is 0. The maximum absolute atomic E-state index is 13.0. The molecule has 1 amide bonds. The van der Waals surface area contributed by atoms with Gasteiger partial charge in [-0.2, -0.15) is 9.40 Å². The summed E-state index contributed by atoms with van der Waals surface area (Å²) in [6.45, 7) is 2.66. The number of amides is 1. The SMILES string of the molecule is Cc1[nH]c2ccccc2c1C(=O)C(=O)N1CCCN(S(=O)(=O)c2cnn(C)c2)CC1. The summed E-state index contributed by atoms with van der Waals surface area (Å²) in [4.78, 5) is 30.7. The summed E-state index contributed by atoms with van der Waals surface area (Å²) in [7, 11) is -2.04. The summed E-state index contributed by atoms with van der Waals surface area (Å²) < 4.78 is 28.5. The number of hydrogen-bond donors (Lipinski definition) is 1. The van der Waals surface area contributed by atoms with E-state index in [9.17, 15) is 18.0 Å². The number of aryl methyl sites for hydroxylation is 2. The molecule has 3 aromatic rings. The van der Waals surface area contributed by atoms with E-state index in [2.05, 4.69) is 10.1 Å². The fraction of sp³-hybridized carbons (Fsp3) is 0.350. The third-order valence-electron chi connectivity index (χ3n) is 5.38. The van der Waals surface area contributed by atoms with Gasteiger partial charge < -0.3 is 9.88 Å². The number of nitrogens with zero attached hydrogens (tertiary/aromatic N) is 4. The highest BCUT2D eigenvalue weighted by atomic mass is 32.2. The second kappa shape index (κ2) is 7.69. The monoisotopic (exact) mass is 429 g/mol. The zero-order valence-electron chi connectivity index (χ0n) is 16.8. The van der Waals surface area contributed by atoms with E-state index in [4.69, 9.17) is 0 Å². The molecule has 0 unspecified atom stereocenters. The average molecular weight is 430 g/mol. The number of aromatic nitrogens is 3. The van der Waals surface area contributed by atoms with Gasteiger partial charge in [0.2, 0.25) is 10.0 Å². The van der Waals surface area contributed by atoms with Gasteiger partial charge in [-0.05, 0) is 19.4 Å². The van der Waals surface area contributed by atoms with Crippen LogP contribution in [0.1, 0.15) is 22.5 Å². The van der Waals surface area contributed by atoms with Crippen molar-refractivity contribution >= 4 is 32.6 Å². The molecule has 1 aliphatic rings. The molecule has 0 atom stereocenters.